The summed E-state index contributed by atoms with van der Waals surface area (Å²) < 4.78 is 1.30. The van der Waals surface area contributed by atoms with Gasteiger partial charge in [-0.2, -0.15) is 5.10 Å². The first kappa shape index (κ1) is 13.8. The summed E-state index contributed by atoms with van der Waals surface area (Å²) in [5.74, 6) is -1.73. The van der Waals surface area contributed by atoms with Crippen LogP contribution in [0.15, 0.2) is 48.7 Å². The van der Waals surface area contributed by atoms with E-state index in [0.717, 1.165) is 10.8 Å². The van der Waals surface area contributed by atoms with Gasteiger partial charge in [0.05, 0.1) is 0 Å². The highest BCUT2D eigenvalue weighted by molar-refractivity contribution is 6.09. The molecule has 0 bridgehead atoms. The summed E-state index contributed by atoms with van der Waals surface area (Å²) in [5.41, 5.74) is 0.356. The van der Waals surface area contributed by atoms with Crippen LogP contribution in [-0.2, 0) is 7.05 Å². The average molecular weight is 295 g/mol. The van der Waals surface area contributed by atoms with Gasteiger partial charge in [0.2, 0.25) is 0 Å². The summed E-state index contributed by atoms with van der Waals surface area (Å²) in [4.78, 5) is 23.4. The molecule has 6 heteroatoms. The summed E-state index contributed by atoms with van der Waals surface area (Å²) >= 11 is 0. The highest BCUT2D eigenvalue weighted by Gasteiger charge is 2.21. The van der Waals surface area contributed by atoms with Crippen molar-refractivity contribution >= 4 is 28.3 Å². The Bertz CT molecular complexity index is 883. The van der Waals surface area contributed by atoms with Crippen molar-refractivity contribution in [2.24, 2.45) is 7.05 Å². The number of hydrogen-bond acceptors (Lipinski definition) is 3. The number of aromatic carboxylic acids is 1. The van der Waals surface area contributed by atoms with Crippen LogP contribution >= 0.6 is 0 Å². The molecule has 0 fully saturated rings. The molecule has 0 unspecified atom stereocenters. The minimum atomic E-state index is -1.18. The Morgan fingerprint density at radius 1 is 1.14 bits per heavy atom. The van der Waals surface area contributed by atoms with Gasteiger partial charge in [-0.25, -0.2) is 4.79 Å². The summed E-state index contributed by atoms with van der Waals surface area (Å²) in [6, 6.07) is 13.3. The molecule has 1 aromatic heterocycles. The number of benzene rings is 2. The van der Waals surface area contributed by atoms with Crippen LogP contribution in [0, 0.1) is 0 Å². The normalized spacial score (nSPS) is 10.6. The first-order valence-electron chi connectivity index (χ1n) is 6.61. The van der Waals surface area contributed by atoms with Gasteiger partial charge in [0, 0.05) is 18.9 Å². The summed E-state index contributed by atoms with van der Waals surface area (Å²) in [7, 11) is 1.57. The van der Waals surface area contributed by atoms with E-state index in [1.165, 1.54) is 10.9 Å². The highest BCUT2D eigenvalue weighted by Crippen LogP contribution is 2.19. The van der Waals surface area contributed by atoms with Gasteiger partial charge >= 0.3 is 5.97 Å². The molecule has 3 rings (SSSR count). The zero-order valence-electron chi connectivity index (χ0n) is 11.8. The van der Waals surface area contributed by atoms with Gasteiger partial charge in [-0.15, -0.1) is 0 Å². The molecule has 3 aromatic rings. The SMILES string of the molecule is Cn1cc(C(=O)O)c(C(=O)Nc2ccc3ccccc3c2)n1. The molecule has 0 aliphatic rings. The fourth-order valence-electron chi connectivity index (χ4n) is 2.27. The van der Waals surface area contributed by atoms with Crippen LogP contribution < -0.4 is 5.32 Å². The number of aryl methyl sites for hydroxylation is 1. The van der Waals surface area contributed by atoms with Gasteiger partial charge in [0.25, 0.3) is 5.91 Å². The highest BCUT2D eigenvalue weighted by atomic mass is 16.4. The van der Waals surface area contributed by atoms with E-state index in [9.17, 15) is 9.59 Å². The molecule has 0 atom stereocenters. The van der Waals surface area contributed by atoms with E-state index in [1.807, 2.05) is 36.4 Å². The predicted octanol–water partition coefficient (Wildman–Crippen LogP) is 2.52. The van der Waals surface area contributed by atoms with Crippen LogP contribution in [0.1, 0.15) is 20.8 Å². The number of nitrogens with zero attached hydrogens (tertiary/aromatic N) is 2. The van der Waals surface area contributed by atoms with Crippen LogP contribution in [0.4, 0.5) is 5.69 Å². The summed E-state index contributed by atoms with van der Waals surface area (Å²) in [5, 5.41) is 17.7. The van der Waals surface area contributed by atoms with Crippen molar-refractivity contribution in [1.29, 1.82) is 0 Å². The fraction of sp³-hybridized carbons (Fsp3) is 0.0625. The maximum atomic E-state index is 12.2. The van der Waals surface area contributed by atoms with E-state index in [0.29, 0.717) is 5.69 Å². The Labute approximate surface area is 126 Å². The number of amides is 1. The van der Waals surface area contributed by atoms with Crippen LogP contribution in [0.2, 0.25) is 0 Å². The Hall–Kier alpha value is -3.15. The zero-order chi connectivity index (χ0) is 15.7. The second-order valence-electron chi connectivity index (χ2n) is 4.89. The molecule has 0 aliphatic carbocycles. The third-order valence-electron chi connectivity index (χ3n) is 3.28. The molecule has 2 aromatic carbocycles. The molecular formula is C16H13N3O3. The first-order valence-corrected chi connectivity index (χ1v) is 6.61. The van der Waals surface area contributed by atoms with E-state index in [-0.39, 0.29) is 11.3 Å². The lowest BCUT2D eigenvalue weighted by Gasteiger charge is -2.05. The van der Waals surface area contributed by atoms with Gasteiger partial charge in [0.1, 0.15) is 5.56 Å². The molecule has 2 N–H and O–H groups in total. The topological polar surface area (TPSA) is 84.2 Å². The minimum Gasteiger partial charge on any atom is -0.478 e. The Balaban J connectivity index is 1.91. The van der Waals surface area contributed by atoms with Gasteiger partial charge in [-0.1, -0.05) is 30.3 Å². The molecule has 0 saturated heterocycles. The number of aromatic nitrogens is 2. The van der Waals surface area contributed by atoms with Crippen molar-refractivity contribution in [3.63, 3.8) is 0 Å². The van der Waals surface area contributed by atoms with E-state index < -0.39 is 11.9 Å². The summed E-state index contributed by atoms with van der Waals surface area (Å²) in [6.45, 7) is 0. The fourth-order valence-corrected chi connectivity index (χ4v) is 2.27. The maximum absolute atomic E-state index is 12.2. The monoisotopic (exact) mass is 295 g/mol. The van der Waals surface area contributed by atoms with Crippen LogP contribution in [0.25, 0.3) is 10.8 Å². The molecule has 22 heavy (non-hydrogen) atoms. The quantitative estimate of drug-likeness (QED) is 0.777. The lowest BCUT2D eigenvalue weighted by molar-refractivity contribution is 0.0692. The number of fused-ring (bicyclic) bond motifs is 1. The molecule has 1 heterocycles. The van der Waals surface area contributed by atoms with Crippen molar-refractivity contribution in [2.45, 2.75) is 0 Å². The largest absolute Gasteiger partial charge is 0.478 e. The van der Waals surface area contributed by atoms with Crippen molar-refractivity contribution in [3.05, 3.63) is 59.9 Å². The van der Waals surface area contributed by atoms with Crippen molar-refractivity contribution < 1.29 is 14.7 Å². The minimum absolute atomic E-state index is 0.108. The Morgan fingerprint density at radius 2 is 1.86 bits per heavy atom. The second-order valence-corrected chi connectivity index (χ2v) is 4.89. The number of carboxylic acid groups (broad SMARTS) is 1. The van der Waals surface area contributed by atoms with E-state index in [1.54, 1.807) is 13.1 Å². The molecule has 6 nitrogen and oxygen atoms in total. The zero-order valence-corrected chi connectivity index (χ0v) is 11.8. The third kappa shape index (κ3) is 2.54. The smallest absolute Gasteiger partial charge is 0.339 e. The van der Waals surface area contributed by atoms with Crippen LogP contribution in [0.3, 0.4) is 0 Å². The van der Waals surface area contributed by atoms with E-state index >= 15 is 0 Å². The molecule has 1 amide bonds. The number of carboxylic acids is 1. The first-order chi connectivity index (χ1) is 10.5. The number of rotatable bonds is 3. The van der Waals surface area contributed by atoms with Gasteiger partial charge in [0.15, 0.2) is 5.69 Å². The van der Waals surface area contributed by atoms with Gasteiger partial charge < -0.3 is 10.4 Å². The predicted molar refractivity (Wildman–Crippen MR) is 82.1 cm³/mol. The number of nitrogens with one attached hydrogen (secondary N) is 1. The second kappa shape index (κ2) is 5.33. The van der Waals surface area contributed by atoms with Crippen molar-refractivity contribution in [3.8, 4) is 0 Å². The number of carbonyl (C=O) groups excluding carboxylic acids is 1. The lowest BCUT2D eigenvalue weighted by atomic mass is 10.1. The van der Waals surface area contributed by atoms with Crippen molar-refractivity contribution in [2.75, 3.05) is 5.32 Å². The third-order valence-corrected chi connectivity index (χ3v) is 3.28. The molecule has 0 spiro atoms. The molecule has 0 radical (unpaired) electrons. The number of carbonyl (C=O) groups is 2. The van der Waals surface area contributed by atoms with Crippen LogP contribution in [0.5, 0.6) is 0 Å². The Kier molecular flexibility index (Phi) is 3.34. The van der Waals surface area contributed by atoms with E-state index in [4.69, 9.17) is 5.11 Å². The Morgan fingerprint density at radius 3 is 2.59 bits per heavy atom. The van der Waals surface area contributed by atoms with Gasteiger partial charge in [-0.05, 0) is 22.9 Å². The number of anilines is 1. The maximum Gasteiger partial charge on any atom is 0.339 e. The molecule has 0 aliphatic heterocycles. The molecule has 110 valence electrons. The van der Waals surface area contributed by atoms with E-state index in [2.05, 4.69) is 10.4 Å². The van der Waals surface area contributed by atoms with Crippen LogP contribution in [-0.4, -0.2) is 26.8 Å². The van der Waals surface area contributed by atoms with Gasteiger partial charge in [-0.3, -0.25) is 9.48 Å². The summed E-state index contributed by atoms with van der Waals surface area (Å²) in [6.07, 6.45) is 1.30. The molecule has 0 saturated carbocycles. The van der Waals surface area contributed by atoms with Crippen molar-refractivity contribution in [1.82, 2.24) is 9.78 Å². The lowest BCUT2D eigenvalue weighted by Crippen LogP contribution is -2.16. The molecular weight excluding hydrogens is 282 g/mol. The average Bonchev–Trinajstić information content (AvgIpc) is 2.89. The standard InChI is InChI=1S/C16H13N3O3/c1-19-9-13(16(21)22)14(18-19)15(20)17-12-7-6-10-4-2-3-5-11(10)8-12/h2-9H,1H3,(H,17,20)(H,21,22). The number of hydrogen-bond donors (Lipinski definition) is 2.